The molecule has 2 aromatic heterocycles. The Morgan fingerprint density at radius 2 is 2.00 bits per heavy atom. The average molecular weight is 431 g/mol. The molecule has 4 rings (SSSR count). The van der Waals surface area contributed by atoms with Crippen LogP contribution >= 0.6 is 0 Å². The van der Waals surface area contributed by atoms with Crippen LogP contribution in [0.25, 0.3) is 5.65 Å². The highest BCUT2D eigenvalue weighted by Crippen LogP contribution is 2.18. The second-order valence-electron chi connectivity index (χ2n) is 8.14. The van der Waals surface area contributed by atoms with Gasteiger partial charge in [-0.15, -0.1) is 0 Å². The Bertz CT molecular complexity index is 1220. The summed E-state index contributed by atoms with van der Waals surface area (Å²) in [5.74, 6) is -0.0129. The number of hydrogen-bond donors (Lipinski definition) is 1. The first-order valence-electron chi connectivity index (χ1n) is 10.9. The summed E-state index contributed by atoms with van der Waals surface area (Å²) in [4.78, 5) is 31.5. The van der Waals surface area contributed by atoms with Gasteiger partial charge in [0.25, 0.3) is 5.91 Å². The molecule has 0 spiro atoms. The van der Waals surface area contributed by atoms with Crippen LogP contribution in [0.2, 0.25) is 0 Å². The van der Waals surface area contributed by atoms with E-state index in [1.165, 1.54) is 6.20 Å². The van der Waals surface area contributed by atoms with E-state index in [2.05, 4.69) is 21.5 Å². The lowest BCUT2D eigenvalue weighted by atomic mass is 10.1. The van der Waals surface area contributed by atoms with Gasteiger partial charge in [0.1, 0.15) is 11.6 Å². The molecule has 3 aromatic rings. The fourth-order valence-corrected chi connectivity index (χ4v) is 4.20. The number of nitriles is 1. The van der Waals surface area contributed by atoms with Crippen LogP contribution in [-0.2, 0) is 17.8 Å². The van der Waals surface area contributed by atoms with E-state index in [1.54, 1.807) is 4.52 Å². The van der Waals surface area contributed by atoms with Crippen LogP contribution in [0.3, 0.4) is 0 Å². The Labute approximate surface area is 186 Å². The number of nitrogens with one attached hydrogen (secondary N) is 1. The minimum Gasteiger partial charge on any atom is -0.352 e. The molecule has 2 amide bonds. The number of amides is 2. The molecule has 0 aliphatic carbocycles. The predicted molar refractivity (Wildman–Crippen MR) is 119 cm³/mol. The van der Waals surface area contributed by atoms with Crippen molar-refractivity contribution in [2.75, 3.05) is 13.1 Å². The molecule has 0 unspecified atom stereocenters. The van der Waals surface area contributed by atoms with Crippen LogP contribution < -0.4 is 5.32 Å². The van der Waals surface area contributed by atoms with Crippen molar-refractivity contribution in [3.05, 3.63) is 64.1 Å². The highest BCUT2D eigenvalue weighted by Gasteiger charge is 2.19. The third-order valence-corrected chi connectivity index (χ3v) is 5.99. The molecular weight excluding hydrogens is 404 g/mol. The lowest BCUT2D eigenvalue weighted by Gasteiger charge is -2.16. The van der Waals surface area contributed by atoms with Crippen LogP contribution in [0.15, 0.2) is 30.5 Å². The van der Waals surface area contributed by atoms with Crippen molar-refractivity contribution < 1.29 is 9.59 Å². The molecule has 1 aromatic carbocycles. The monoisotopic (exact) mass is 430 g/mol. The second-order valence-corrected chi connectivity index (χ2v) is 8.14. The lowest BCUT2D eigenvalue weighted by molar-refractivity contribution is -0.121. The molecule has 1 aliphatic heterocycles. The van der Waals surface area contributed by atoms with E-state index >= 15 is 0 Å². The van der Waals surface area contributed by atoms with Gasteiger partial charge in [0, 0.05) is 43.0 Å². The summed E-state index contributed by atoms with van der Waals surface area (Å²) >= 11 is 0. The second kappa shape index (κ2) is 9.18. The van der Waals surface area contributed by atoms with Gasteiger partial charge in [0.15, 0.2) is 5.65 Å². The number of likely N-dealkylation sites (tertiary alicyclic amines) is 1. The molecule has 32 heavy (non-hydrogen) atoms. The maximum atomic E-state index is 12.6. The van der Waals surface area contributed by atoms with E-state index in [1.807, 2.05) is 43.0 Å². The van der Waals surface area contributed by atoms with E-state index in [4.69, 9.17) is 0 Å². The maximum absolute atomic E-state index is 12.6. The van der Waals surface area contributed by atoms with E-state index < -0.39 is 0 Å². The van der Waals surface area contributed by atoms with Crippen molar-refractivity contribution in [3.63, 3.8) is 0 Å². The van der Waals surface area contributed by atoms with E-state index in [9.17, 15) is 14.9 Å². The summed E-state index contributed by atoms with van der Waals surface area (Å²) in [6.45, 7) is 5.81. The summed E-state index contributed by atoms with van der Waals surface area (Å²) in [5.41, 5.74) is 5.19. The van der Waals surface area contributed by atoms with Crippen molar-refractivity contribution in [2.24, 2.45) is 0 Å². The minimum absolute atomic E-state index is 0.0581. The Kier molecular flexibility index (Phi) is 6.17. The zero-order valence-corrected chi connectivity index (χ0v) is 18.4. The number of rotatable bonds is 6. The molecule has 0 atom stereocenters. The number of nitrogens with zero attached hydrogens (tertiary/aromatic N) is 5. The molecule has 0 bridgehead atoms. The van der Waals surface area contributed by atoms with E-state index in [-0.39, 0.29) is 11.8 Å². The van der Waals surface area contributed by atoms with Crippen molar-refractivity contribution in [1.82, 2.24) is 24.8 Å². The van der Waals surface area contributed by atoms with Crippen molar-refractivity contribution >= 4 is 17.5 Å². The van der Waals surface area contributed by atoms with E-state index in [0.717, 1.165) is 48.4 Å². The van der Waals surface area contributed by atoms with Crippen LogP contribution in [-0.4, -0.2) is 44.4 Å². The fourth-order valence-electron chi connectivity index (χ4n) is 4.20. The predicted octanol–water partition coefficient (Wildman–Crippen LogP) is 2.70. The van der Waals surface area contributed by atoms with Crippen LogP contribution in [0.4, 0.5) is 0 Å². The molecular formula is C24H26N6O2. The number of hydrogen-bond acceptors (Lipinski definition) is 5. The largest absolute Gasteiger partial charge is 0.352 e. The third kappa shape index (κ3) is 4.33. The first kappa shape index (κ1) is 21.5. The molecule has 1 N–H and O–H groups in total. The number of aromatic nitrogens is 3. The topological polar surface area (TPSA) is 103 Å². The van der Waals surface area contributed by atoms with E-state index in [0.29, 0.717) is 36.2 Å². The molecule has 8 nitrogen and oxygen atoms in total. The molecule has 0 saturated carbocycles. The molecule has 1 aliphatic rings. The zero-order valence-electron chi connectivity index (χ0n) is 18.4. The van der Waals surface area contributed by atoms with Gasteiger partial charge in [0.05, 0.1) is 6.20 Å². The molecule has 8 heteroatoms. The first-order chi connectivity index (χ1) is 15.5. The van der Waals surface area contributed by atoms with Gasteiger partial charge in [-0.2, -0.15) is 10.4 Å². The molecule has 0 radical (unpaired) electrons. The van der Waals surface area contributed by atoms with Crippen LogP contribution in [0.5, 0.6) is 0 Å². The molecule has 164 valence electrons. The highest BCUT2D eigenvalue weighted by atomic mass is 16.2. The molecule has 3 heterocycles. The van der Waals surface area contributed by atoms with Gasteiger partial charge >= 0.3 is 0 Å². The normalized spacial score (nSPS) is 13.3. The summed E-state index contributed by atoms with van der Waals surface area (Å²) in [6.07, 6.45) is 4.47. The Morgan fingerprint density at radius 3 is 2.75 bits per heavy atom. The van der Waals surface area contributed by atoms with Gasteiger partial charge in [-0.3, -0.25) is 9.59 Å². The Balaban J connectivity index is 1.36. The van der Waals surface area contributed by atoms with Crippen molar-refractivity contribution in [2.45, 2.75) is 46.1 Å². The lowest BCUT2D eigenvalue weighted by Crippen LogP contribution is -2.28. The molecule has 1 saturated heterocycles. The number of carbonyl (C=O) groups is 2. The number of aryl methyl sites for hydroxylation is 2. The summed E-state index contributed by atoms with van der Waals surface area (Å²) in [6, 6.07) is 9.56. The highest BCUT2D eigenvalue weighted by molar-refractivity contribution is 5.94. The van der Waals surface area contributed by atoms with Gasteiger partial charge in [-0.05, 0) is 56.4 Å². The first-order valence-corrected chi connectivity index (χ1v) is 10.9. The quantitative estimate of drug-likeness (QED) is 0.648. The Hall–Kier alpha value is -3.73. The third-order valence-electron chi connectivity index (χ3n) is 5.99. The summed E-state index contributed by atoms with van der Waals surface area (Å²) in [7, 11) is 0. The summed E-state index contributed by atoms with van der Waals surface area (Å²) in [5, 5.41) is 16.4. The Morgan fingerprint density at radius 1 is 1.22 bits per heavy atom. The SMILES string of the molecule is Cc1nc2c(C#N)cnn2c(C)c1CCC(=O)NCc1cccc(C(=O)N2CCCC2)c1. The fraction of sp³-hybridized carbons (Fsp3) is 0.375. The number of fused-ring (bicyclic) bond motifs is 1. The van der Waals surface area contributed by atoms with Gasteiger partial charge in [-0.25, -0.2) is 9.50 Å². The number of benzene rings is 1. The van der Waals surface area contributed by atoms with Gasteiger partial charge < -0.3 is 10.2 Å². The van der Waals surface area contributed by atoms with Crippen LogP contribution in [0.1, 0.15) is 57.7 Å². The van der Waals surface area contributed by atoms with Gasteiger partial charge in [-0.1, -0.05) is 12.1 Å². The van der Waals surface area contributed by atoms with Crippen molar-refractivity contribution in [1.29, 1.82) is 5.26 Å². The minimum atomic E-state index is -0.0710. The zero-order chi connectivity index (χ0) is 22.7. The maximum Gasteiger partial charge on any atom is 0.253 e. The van der Waals surface area contributed by atoms with Crippen molar-refractivity contribution in [3.8, 4) is 6.07 Å². The van der Waals surface area contributed by atoms with Gasteiger partial charge in [0.2, 0.25) is 5.91 Å². The summed E-state index contributed by atoms with van der Waals surface area (Å²) < 4.78 is 1.65. The molecule has 1 fully saturated rings. The standard InChI is InChI=1S/C24H26N6O2/c1-16-21(17(2)30-23(28-16)20(13-25)15-27-30)8-9-22(31)26-14-18-6-5-7-19(12-18)24(32)29-10-3-4-11-29/h5-7,12,15H,3-4,8-11,14H2,1-2H3,(H,26,31). The average Bonchev–Trinajstić information content (AvgIpc) is 3.47. The van der Waals surface area contributed by atoms with Crippen LogP contribution in [0, 0.1) is 25.2 Å². The number of carbonyl (C=O) groups excluding carboxylic acids is 2. The smallest absolute Gasteiger partial charge is 0.253 e.